The molecule has 3 amide bonds. The van der Waals surface area contributed by atoms with Crippen molar-refractivity contribution >= 4 is 64.3 Å². The number of nitrogens with one attached hydrogen (secondary N) is 5. The standard InChI is InChI=1S/C44H44ClF3N10O6/c1-63-39(62)35(25-49-37(60)38(61)50-32-15-17-34(18-16-32)58-23-21-57(22-24-58)26-28-5-3-2-4-6-28)52-36(59)29-7-13-33(14-8-29)51-40-53-41(55-42(54-40)64-27-44(46,47)48)56-43(19-20-43)30-9-11-31(45)12-10-30/h2-18,35H,19-27H2,1H3,(H,49,60)(H,50,61)(H,52,59)(H2,51,53,54,55,56)/t35-/m0/s1. The molecule has 1 aromatic heterocycles. The second kappa shape index (κ2) is 20.0. The quantitative estimate of drug-likeness (QED) is 0.0603. The van der Waals surface area contributed by atoms with Crippen molar-refractivity contribution in [3.63, 3.8) is 0 Å². The van der Waals surface area contributed by atoms with Crippen LogP contribution in [0.2, 0.25) is 5.02 Å². The molecule has 0 spiro atoms. The molecule has 64 heavy (non-hydrogen) atoms. The highest BCUT2D eigenvalue weighted by Gasteiger charge is 2.45. The van der Waals surface area contributed by atoms with E-state index < -0.39 is 60.6 Å². The summed E-state index contributed by atoms with van der Waals surface area (Å²) in [5, 5.41) is 14.0. The van der Waals surface area contributed by atoms with E-state index in [1.807, 2.05) is 42.5 Å². The van der Waals surface area contributed by atoms with Crippen molar-refractivity contribution < 1.29 is 41.8 Å². The van der Waals surface area contributed by atoms with Crippen LogP contribution < -0.4 is 36.2 Å². The van der Waals surface area contributed by atoms with Gasteiger partial charge in [-0.25, -0.2) is 4.79 Å². The second-order valence-electron chi connectivity index (χ2n) is 15.1. The van der Waals surface area contributed by atoms with Crippen molar-refractivity contribution in [2.45, 2.75) is 37.1 Å². The SMILES string of the molecule is COC(=O)[C@H](CNC(=O)C(=O)Nc1ccc(N2CCN(Cc3ccccc3)CC2)cc1)NC(=O)c1ccc(Nc2nc(NC3(c4ccc(Cl)cc4)CC3)nc(OCC(F)(F)F)n2)cc1. The number of piperazine rings is 1. The molecule has 20 heteroatoms. The molecule has 0 radical (unpaired) electrons. The number of alkyl halides is 3. The van der Waals surface area contributed by atoms with Gasteiger partial charge >= 0.3 is 30.0 Å². The van der Waals surface area contributed by atoms with E-state index in [2.05, 4.69) is 63.5 Å². The lowest BCUT2D eigenvalue weighted by atomic mass is 10.1. The van der Waals surface area contributed by atoms with E-state index in [1.165, 1.54) is 29.8 Å². The van der Waals surface area contributed by atoms with Crippen LogP contribution in [0.4, 0.5) is 42.1 Å². The topological polar surface area (TPSA) is 192 Å². The first-order chi connectivity index (χ1) is 30.7. The molecule has 1 atom stereocenters. The van der Waals surface area contributed by atoms with Gasteiger partial charge in [0.05, 0.1) is 12.6 Å². The third-order valence-electron chi connectivity index (χ3n) is 10.5. The number of carbonyl (C=O) groups is 4. The predicted octanol–water partition coefficient (Wildman–Crippen LogP) is 5.66. The Balaban J connectivity index is 0.909. The fourth-order valence-electron chi connectivity index (χ4n) is 6.91. The number of hydrogen-bond donors (Lipinski definition) is 5. The Morgan fingerprint density at radius 1 is 0.797 bits per heavy atom. The van der Waals surface area contributed by atoms with Gasteiger partial charge in [0.1, 0.15) is 6.04 Å². The maximum absolute atomic E-state index is 13.2. The molecule has 2 aliphatic rings. The molecule has 1 saturated carbocycles. The Labute approximate surface area is 370 Å². The third kappa shape index (κ3) is 12.3. The number of ether oxygens (including phenoxy) is 2. The molecular weight excluding hydrogens is 857 g/mol. The fourth-order valence-corrected chi connectivity index (χ4v) is 7.03. The summed E-state index contributed by atoms with van der Waals surface area (Å²) in [6.45, 7) is 2.28. The van der Waals surface area contributed by atoms with Crippen LogP contribution in [0.1, 0.15) is 34.3 Å². The molecule has 1 aliphatic carbocycles. The lowest BCUT2D eigenvalue weighted by Crippen LogP contribution is -2.50. The summed E-state index contributed by atoms with van der Waals surface area (Å²) in [5.74, 6) is -3.80. The van der Waals surface area contributed by atoms with Gasteiger partial charge in [0, 0.05) is 66.9 Å². The van der Waals surface area contributed by atoms with E-state index in [0.717, 1.165) is 51.1 Å². The normalized spacial score (nSPS) is 15.0. The van der Waals surface area contributed by atoms with Gasteiger partial charge in [0.25, 0.3) is 5.91 Å². The van der Waals surface area contributed by atoms with Crippen LogP contribution in [0, 0.1) is 0 Å². The summed E-state index contributed by atoms with van der Waals surface area (Å²) in [4.78, 5) is 68.4. The van der Waals surface area contributed by atoms with Gasteiger partial charge in [-0.2, -0.15) is 28.1 Å². The molecule has 334 valence electrons. The van der Waals surface area contributed by atoms with Crippen molar-refractivity contribution in [1.82, 2.24) is 30.5 Å². The van der Waals surface area contributed by atoms with Crippen LogP contribution in [0.3, 0.4) is 0 Å². The Kier molecular flexibility index (Phi) is 14.1. The lowest BCUT2D eigenvalue weighted by Gasteiger charge is -2.36. The molecule has 5 aromatic rings. The molecule has 0 unspecified atom stereocenters. The number of anilines is 5. The summed E-state index contributed by atoms with van der Waals surface area (Å²) in [6, 6.07) is 28.4. The summed E-state index contributed by atoms with van der Waals surface area (Å²) < 4.78 is 48.7. The van der Waals surface area contributed by atoms with E-state index in [4.69, 9.17) is 21.1 Å². The van der Waals surface area contributed by atoms with E-state index in [-0.39, 0.29) is 17.5 Å². The first kappa shape index (κ1) is 45.0. The average Bonchev–Trinajstić information content (AvgIpc) is 4.07. The number of rotatable bonds is 16. The van der Waals surface area contributed by atoms with E-state index in [1.54, 1.807) is 24.3 Å². The smallest absolute Gasteiger partial charge is 0.422 e. The fraction of sp³-hybridized carbons (Fsp3) is 0.295. The minimum atomic E-state index is -4.65. The molecule has 4 aromatic carbocycles. The van der Waals surface area contributed by atoms with Crippen LogP contribution in [0.25, 0.3) is 0 Å². The van der Waals surface area contributed by atoms with Gasteiger partial charge in [-0.1, -0.05) is 54.1 Å². The largest absolute Gasteiger partial charge is 0.467 e. The van der Waals surface area contributed by atoms with Crippen molar-refractivity contribution in [1.29, 1.82) is 0 Å². The van der Waals surface area contributed by atoms with Gasteiger partial charge < -0.3 is 41.0 Å². The number of esters is 1. The number of methoxy groups -OCH3 is 1. The molecule has 1 saturated heterocycles. The van der Waals surface area contributed by atoms with E-state index >= 15 is 0 Å². The highest BCUT2D eigenvalue weighted by atomic mass is 35.5. The molecule has 7 rings (SSSR count). The minimum Gasteiger partial charge on any atom is -0.467 e. The number of benzene rings is 4. The first-order valence-electron chi connectivity index (χ1n) is 20.2. The number of amides is 3. The first-order valence-corrected chi connectivity index (χ1v) is 20.6. The highest BCUT2D eigenvalue weighted by Crippen LogP contribution is 2.48. The average molecular weight is 901 g/mol. The molecular formula is C44H44ClF3N10O6. The Bertz CT molecular complexity index is 2420. The number of carbonyl (C=O) groups excluding carboxylic acids is 4. The number of hydrogen-bond acceptors (Lipinski definition) is 13. The summed E-state index contributed by atoms with van der Waals surface area (Å²) in [6.07, 6.45) is -3.24. The van der Waals surface area contributed by atoms with Crippen LogP contribution >= 0.6 is 11.6 Å². The van der Waals surface area contributed by atoms with Crippen LogP contribution in [0.5, 0.6) is 6.01 Å². The zero-order chi connectivity index (χ0) is 45.3. The lowest BCUT2D eigenvalue weighted by molar-refractivity contribution is -0.154. The third-order valence-corrected chi connectivity index (χ3v) is 10.7. The zero-order valence-electron chi connectivity index (χ0n) is 34.5. The van der Waals surface area contributed by atoms with Gasteiger partial charge in [0.2, 0.25) is 11.9 Å². The van der Waals surface area contributed by atoms with Crippen molar-refractivity contribution in [3.8, 4) is 6.01 Å². The Hall–Kier alpha value is -6.99. The summed E-state index contributed by atoms with van der Waals surface area (Å²) in [7, 11) is 1.11. The number of nitrogens with zero attached hydrogens (tertiary/aromatic N) is 5. The van der Waals surface area contributed by atoms with Crippen LogP contribution in [-0.2, 0) is 31.2 Å². The maximum Gasteiger partial charge on any atom is 0.422 e. The number of aromatic nitrogens is 3. The van der Waals surface area contributed by atoms with Crippen LogP contribution in [0.15, 0.2) is 103 Å². The van der Waals surface area contributed by atoms with Crippen LogP contribution in [-0.4, -0.2) is 102 Å². The van der Waals surface area contributed by atoms with Crippen molar-refractivity contribution in [2.24, 2.45) is 0 Å². The molecule has 2 heterocycles. The monoisotopic (exact) mass is 900 g/mol. The van der Waals surface area contributed by atoms with Gasteiger partial charge in [-0.15, -0.1) is 0 Å². The molecule has 0 bridgehead atoms. The molecule has 16 nitrogen and oxygen atoms in total. The van der Waals surface area contributed by atoms with Gasteiger partial charge in [-0.3, -0.25) is 19.3 Å². The zero-order valence-corrected chi connectivity index (χ0v) is 35.2. The maximum atomic E-state index is 13.2. The summed E-state index contributed by atoms with van der Waals surface area (Å²) in [5.41, 5.74) is 3.40. The molecule has 5 N–H and O–H groups in total. The highest BCUT2D eigenvalue weighted by molar-refractivity contribution is 6.39. The van der Waals surface area contributed by atoms with Crippen molar-refractivity contribution in [3.05, 3.63) is 125 Å². The Morgan fingerprint density at radius 2 is 1.45 bits per heavy atom. The van der Waals surface area contributed by atoms with E-state index in [0.29, 0.717) is 29.2 Å². The second-order valence-corrected chi connectivity index (χ2v) is 15.5. The molecule has 1 aliphatic heterocycles. The summed E-state index contributed by atoms with van der Waals surface area (Å²) >= 11 is 6.05. The van der Waals surface area contributed by atoms with Crippen molar-refractivity contribution in [2.75, 3.05) is 67.3 Å². The predicted molar refractivity (Wildman–Crippen MR) is 232 cm³/mol. The molecule has 2 fully saturated rings. The van der Waals surface area contributed by atoms with Gasteiger partial charge in [-0.05, 0) is 84.6 Å². The number of halogens is 4. The minimum absolute atomic E-state index is 0.0366. The van der Waals surface area contributed by atoms with Gasteiger partial charge in [0.15, 0.2) is 6.61 Å². The Morgan fingerprint density at radius 3 is 2.09 bits per heavy atom. The van der Waals surface area contributed by atoms with E-state index in [9.17, 15) is 32.3 Å².